The molecule has 0 saturated carbocycles. The van der Waals surface area contributed by atoms with Gasteiger partial charge in [0, 0.05) is 6.20 Å². The number of rotatable bonds is 4. The van der Waals surface area contributed by atoms with Crippen molar-refractivity contribution in [3.63, 3.8) is 0 Å². The van der Waals surface area contributed by atoms with Gasteiger partial charge in [-0.05, 0) is 29.9 Å². The molecule has 0 aromatic carbocycles. The van der Waals surface area contributed by atoms with E-state index in [1.165, 1.54) is 12.3 Å². The van der Waals surface area contributed by atoms with Crippen LogP contribution in [0.25, 0.3) is 6.08 Å². The first-order valence-electron chi connectivity index (χ1n) is 7.75. The molecule has 0 bridgehead atoms. The number of carboxylic acids is 1. The summed E-state index contributed by atoms with van der Waals surface area (Å²) in [5.74, 6) is -4.33. The average Bonchev–Trinajstić information content (AvgIpc) is 2.65. The summed E-state index contributed by atoms with van der Waals surface area (Å²) in [6.45, 7) is 0. The van der Waals surface area contributed by atoms with Crippen LogP contribution in [-0.4, -0.2) is 54.4 Å². The predicted molar refractivity (Wildman–Crippen MR) is 94.6 cm³/mol. The van der Waals surface area contributed by atoms with Gasteiger partial charge in [-0.3, -0.25) is 14.7 Å². The maximum Gasteiger partial charge on any atom is 1.00 e. The molecule has 2 aliphatic rings. The van der Waals surface area contributed by atoms with Crippen LogP contribution in [0.3, 0.4) is 0 Å². The Labute approximate surface area is 192 Å². The fraction of sp³-hybridized carbons (Fsp3) is 0.176. The molecule has 3 heterocycles. The number of β-lactam (4-membered cyclic amide) rings is 1. The molecule has 1 aromatic rings. The molecule has 0 aliphatic carbocycles. The van der Waals surface area contributed by atoms with Crippen LogP contribution in [0.4, 0.5) is 0 Å². The van der Waals surface area contributed by atoms with E-state index in [4.69, 9.17) is 11.6 Å². The van der Waals surface area contributed by atoms with Crippen molar-refractivity contribution in [2.45, 2.75) is 5.37 Å². The summed E-state index contributed by atoms with van der Waals surface area (Å²) < 4.78 is 29.8. The number of aromatic nitrogens is 1. The second-order valence-corrected chi connectivity index (χ2v) is 8.30. The number of sulfone groups is 1. The Morgan fingerprint density at radius 1 is 1.38 bits per heavy atom. The monoisotopic (exact) mass is 446 g/mol. The van der Waals surface area contributed by atoms with Crippen molar-refractivity contribution in [1.82, 2.24) is 9.88 Å². The minimum atomic E-state index is -4.01. The number of methoxy groups -OCH3 is 1. The summed E-state index contributed by atoms with van der Waals surface area (Å²) in [6.07, 6.45) is 3.60. The third-order valence-corrected chi connectivity index (χ3v) is 6.20. The number of amides is 1. The Morgan fingerprint density at radius 2 is 2.07 bits per heavy atom. The SMILES string of the molecule is COC(=O)/C(Cl)=C/C1=C(C(=O)[O-])N2C(=O)/C(=C/c3ccccn3)C2S(=O)(=O)C1.[Na+]. The summed E-state index contributed by atoms with van der Waals surface area (Å²) in [5, 5.41) is 9.60. The maximum absolute atomic E-state index is 12.7. The Balaban J connectivity index is 0.00000300. The number of halogens is 1. The summed E-state index contributed by atoms with van der Waals surface area (Å²) in [4.78, 5) is 40.2. The van der Waals surface area contributed by atoms with Crippen LogP contribution >= 0.6 is 11.6 Å². The van der Waals surface area contributed by atoms with E-state index in [1.54, 1.807) is 18.2 Å². The van der Waals surface area contributed by atoms with Gasteiger partial charge >= 0.3 is 35.5 Å². The number of nitrogens with zero attached hydrogens (tertiary/aromatic N) is 2. The number of hydrogen-bond donors (Lipinski definition) is 0. The third-order valence-electron chi connectivity index (χ3n) is 4.07. The van der Waals surface area contributed by atoms with E-state index in [2.05, 4.69) is 9.72 Å². The molecular weight excluding hydrogens is 435 g/mol. The Hall–Kier alpha value is -1.98. The summed E-state index contributed by atoms with van der Waals surface area (Å²) in [7, 11) is -2.97. The molecule has 1 atom stereocenters. The number of carbonyl (C=O) groups is 3. The van der Waals surface area contributed by atoms with Crippen molar-refractivity contribution in [3.8, 4) is 0 Å². The number of ether oxygens (including phenoxy) is 1. The van der Waals surface area contributed by atoms with E-state index < -0.39 is 49.5 Å². The summed E-state index contributed by atoms with van der Waals surface area (Å²) in [5.41, 5.74) is -0.777. The van der Waals surface area contributed by atoms with Gasteiger partial charge in [0.15, 0.2) is 15.2 Å². The molecular formula is C17H12ClN2NaO7S. The topological polar surface area (TPSA) is 134 Å². The van der Waals surface area contributed by atoms with E-state index >= 15 is 0 Å². The Morgan fingerprint density at radius 3 is 2.62 bits per heavy atom. The van der Waals surface area contributed by atoms with Crippen molar-refractivity contribution >= 4 is 45.4 Å². The number of carbonyl (C=O) groups excluding carboxylic acids is 3. The van der Waals surface area contributed by atoms with Crippen molar-refractivity contribution in [2.24, 2.45) is 0 Å². The fourth-order valence-electron chi connectivity index (χ4n) is 2.92. The Bertz CT molecular complexity index is 1080. The normalized spacial score (nSPS) is 21.8. The quantitative estimate of drug-likeness (QED) is 0.200. The molecule has 29 heavy (non-hydrogen) atoms. The van der Waals surface area contributed by atoms with Crippen molar-refractivity contribution in [3.05, 3.63) is 58.0 Å². The number of pyridine rings is 1. The predicted octanol–water partition coefficient (Wildman–Crippen LogP) is -3.63. The van der Waals surface area contributed by atoms with Gasteiger partial charge in [0.25, 0.3) is 5.91 Å². The second kappa shape index (κ2) is 8.80. The van der Waals surface area contributed by atoms with Crippen LogP contribution < -0.4 is 34.7 Å². The molecule has 146 valence electrons. The third kappa shape index (κ3) is 4.31. The van der Waals surface area contributed by atoms with Gasteiger partial charge in [0.2, 0.25) is 0 Å². The van der Waals surface area contributed by atoms with Gasteiger partial charge in [-0.1, -0.05) is 17.7 Å². The molecule has 1 saturated heterocycles. The van der Waals surface area contributed by atoms with E-state index in [9.17, 15) is 27.9 Å². The molecule has 12 heteroatoms. The fourth-order valence-corrected chi connectivity index (χ4v) is 5.02. The second-order valence-electron chi connectivity index (χ2n) is 5.83. The Kier molecular flexibility index (Phi) is 7.07. The molecule has 0 spiro atoms. The molecule has 0 N–H and O–H groups in total. The van der Waals surface area contributed by atoms with Crippen LogP contribution in [0.15, 0.2) is 52.3 Å². The molecule has 0 radical (unpaired) electrons. The molecule has 1 amide bonds. The van der Waals surface area contributed by atoms with E-state index in [1.807, 2.05) is 0 Å². The minimum absolute atomic E-state index is 0. The zero-order valence-corrected chi connectivity index (χ0v) is 18.9. The van der Waals surface area contributed by atoms with Crippen LogP contribution in [0, 0.1) is 0 Å². The summed E-state index contributed by atoms with van der Waals surface area (Å²) in [6, 6.07) is 4.87. The first kappa shape index (κ1) is 23.3. The van der Waals surface area contributed by atoms with Crippen LogP contribution in [0.2, 0.25) is 0 Å². The van der Waals surface area contributed by atoms with Crippen molar-refractivity contribution < 1.29 is 62.2 Å². The van der Waals surface area contributed by atoms with Gasteiger partial charge in [-0.15, -0.1) is 0 Å². The summed E-state index contributed by atoms with van der Waals surface area (Å²) >= 11 is 5.72. The largest absolute Gasteiger partial charge is 1.00 e. The smallest absolute Gasteiger partial charge is 0.543 e. The molecule has 3 rings (SSSR count). The van der Waals surface area contributed by atoms with Crippen LogP contribution in [0.5, 0.6) is 0 Å². The number of carboxylic acid groups (broad SMARTS) is 1. The standard InChI is InChI=1S/C17H13ClN2O7S.Na/c1-27-17(24)12(18)6-9-8-28(25,26)15-11(7-10-4-2-3-5-19-10)14(21)20(15)13(9)16(22)23;/h2-7,15H,8H2,1H3,(H,22,23);/q;+1/p-1/b11-7-,12-6-;. The van der Waals surface area contributed by atoms with Gasteiger partial charge in [-0.25, -0.2) is 13.2 Å². The minimum Gasteiger partial charge on any atom is -0.543 e. The van der Waals surface area contributed by atoms with Gasteiger partial charge in [-0.2, -0.15) is 0 Å². The van der Waals surface area contributed by atoms with E-state index in [-0.39, 0.29) is 40.7 Å². The van der Waals surface area contributed by atoms with E-state index in [0.29, 0.717) is 10.6 Å². The zero-order valence-electron chi connectivity index (χ0n) is 15.3. The maximum atomic E-state index is 12.7. The van der Waals surface area contributed by atoms with Gasteiger partial charge in [0.05, 0.1) is 35.8 Å². The van der Waals surface area contributed by atoms with Gasteiger partial charge in [0.1, 0.15) is 5.03 Å². The average molecular weight is 447 g/mol. The van der Waals surface area contributed by atoms with E-state index in [0.717, 1.165) is 13.2 Å². The number of fused-ring (bicyclic) bond motifs is 1. The van der Waals surface area contributed by atoms with Gasteiger partial charge < -0.3 is 14.6 Å². The van der Waals surface area contributed by atoms with Crippen molar-refractivity contribution in [1.29, 1.82) is 0 Å². The van der Waals surface area contributed by atoms with Crippen LogP contribution in [0.1, 0.15) is 5.69 Å². The number of aliphatic carboxylic acids is 1. The van der Waals surface area contributed by atoms with Crippen LogP contribution in [-0.2, 0) is 29.0 Å². The zero-order chi connectivity index (χ0) is 20.6. The molecule has 1 fully saturated rings. The first-order chi connectivity index (χ1) is 13.2. The molecule has 9 nitrogen and oxygen atoms in total. The first-order valence-corrected chi connectivity index (χ1v) is 9.84. The number of hydrogen-bond acceptors (Lipinski definition) is 8. The molecule has 1 unspecified atom stereocenters. The molecule has 1 aromatic heterocycles. The number of allylic oxidation sites excluding steroid dienone is 1. The van der Waals surface area contributed by atoms with Crippen molar-refractivity contribution in [2.75, 3.05) is 12.9 Å². The number of esters is 1. The molecule has 2 aliphatic heterocycles.